The molecule has 0 aliphatic heterocycles. The first-order chi connectivity index (χ1) is 10.5. The van der Waals surface area contributed by atoms with Crippen LogP contribution in [0, 0.1) is 15.9 Å². The van der Waals surface area contributed by atoms with E-state index in [0.29, 0.717) is 16.8 Å². The summed E-state index contributed by atoms with van der Waals surface area (Å²) in [5.41, 5.74) is 0.974. The number of hydrogen-bond donors (Lipinski definition) is 1. The van der Waals surface area contributed by atoms with Crippen molar-refractivity contribution in [3.63, 3.8) is 0 Å². The van der Waals surface area contributed by atoms with Crippen LogP contribution in [0.2, 0.25) is 0 Å². The van der Waals surface area contributed by atoms with E-state index in [1.807, 2.05) is 0 Å². The number of carbonyl (C=O) groups excluding carboxylic acids is 1. The second-order valence-corrected chi connectivity index (χ2v) is 4.60. The third-order valence-corrected chi connectivity index (χ3v) is 2.97. The van der Waals surface area contributed by atoms with Crippen molar-refractivity contribution in [1.29, 1.82) is 0 Å². The molecule has 0 spiro atoms. The Morgan fingerprint density at radius 2 is 1.95 bits per heavy atom. The zero-order valence-electron chi connectivity index (χ0n) is 11.7. The Balaban J connectivity index is 2.16. The van der Waals surface area contributed by atoms with Crippen molar-refractivity contribution in [2.24, 2.45) is 0 Å². The number of nitro groups is 1. The summed E-state index contributed by atoms with van der Waals surface area (Å²) in [5, 5.41) is 13.2. The molecule has 2 rings (SSSR count). The van der Waals surface area contributed by atoms with E-state index >= 15 is 0 Å². The van der Waals surface area contributed by atoms with E-state index in [9.17, 15) is 19.3 Å². The number of nitrogens with zero attached hydrogens (tertiary/aromatic N) is 1. The third kappa shape index (κ3) is 3.76. The predicted octanol–water partition coefficient (Wildman–Crippen LogP) is 3.78. The van der Waals surface area contributed by atoms with Crippen LogP contribution in [0.25, 0.3) is 5.57 Å². The topological polar surface area (TPSA) is 72.2 Å². The zero-order chi connectivity index (χ0) is 16.1. The molecule has 0 radical (unpaired) electrons. The van der Waals surface area contributed by atoms with Crippen molar-refractivity contribution in [2.75, 3.05) is 5.32 Å². The minimum atomic E-state index is -0.546. The summed E-state index contributed by atoms with van der Waals surface area (Å²) in [7, 11) is 0. The van der Waals surface area contributed by atoms with Gasteiger partial charge >= 0.3 is 0 Å². The Bertz CT molecular complexity index is 757. The lowest BCUT2D eigenvalue weighted by Crippen LogP contribution is -2.09. The van der Waals surface area contributed by atoms with Crippen molar-refractivity contribution in [1.82, 2.24) is 0 Å². The highest BCUT2D eigenvalue weighted by Crippen LogP contribution is 2.19. The average Bonchev–Trinajstić information content (AvgIpc) is 2.47. The van der Waals surface area contributed by atoms with E-state index in [1.165, 1.54) is 36.4 Å². The van der Waals surface area contributed by atoms with Gasteiger partial charge < -0.3 is 5.32 Å². The van der Waals surface area contributed by atoms with Crippen LogP contribution in [0.5, 0.6) is 0 Å². The van der Waals surface area contributed by atoms with Crippen molar-refractivity contribution in [3.05, 3.63) is 76.1 Å². The van der Waals surface area contributed by atoms with Crippen LogP contribution in [0.1, 0.15) is 12.5 Å². The van der Waals surface area contributed by atoms with Crippen LogP contribution < -0.4 is 5.32 Å². The molecular weight excluding hydrogens is 287 g/mol. The smallest absolute Gasteiger partial charge is 0.271 e. The number of anilines is 1. The minimum absolute atomic E-state index is 0.118. The van der Waals surface area contributed by atoms with E-state index in [0.717, 1.165) is 0 Å². The third-order valence-electron chi connectivity index (χ3n) is 2.97. The number of rotatable bonds is 4. The van der Waals surface area contributed by atoms with E-state index in [-0.39, 0.29) is 5.69 Å². The van der Waals surface area contributed by atoms with Crippen molar-refractivity contribution in [3.8, 4) is 0 Å². The van der Waals surface area contributed by atoms with Gasteiger partial charge in [0, 0.05) is 29.5 Å². The summed E-state index contributed by atoms with van der Waals surface area (Å²) in [5.74, 6) is -0.902. The number of halogens is 1. The summed E-state index contributed by atoms with van der Waals surface area (Å²) in [6.07, 6.45) is 1.25. The van der Waals surface area contributed by atoms with E-state index in [2.05, 4.69) is 5.32 Å². The van der Waals surface area contributed by atoms with Gasteiger partial charge in [0.05, 0.1) is 4.92 Å². The number of carbonyl (C=O) groups is 1. The summed E-state index contributed by atoms with van der Waals surface area (Å²) >= 11 is 0. The number of allylic oxidation sites excluding steroid dienone is 1. The van der Waals surface area contributed by atoms with Gasteiger partial charge in [0.25, 0.3) is 5.69 Å². The molecular formula is C16H13FN2O3. The van der Waals surface area contributed by atoms with Crippen molar-refractivity contribution in [2.45, 2.75) is 6.92 Å². The molecule has 0 aliphatic rings. The van der Waals surface area contributed by atoms with Crippen LogP contribution in [0.4, 0.5) is 15.8 Å². The molecule has 0 aromatic heterocycles. The van der Waals surface area contributed by atoms with Gasteiger partial charge in [-0.05, 0) is 24.6 Å². The Morgan fingerprint density at radius 3 is 2.64 bits per heavy atom. The maximum atomic E-state index is 13.6. The fourth-order valence-electron chi connectivity index (χ4n) is 1.93. The predicted molar refractivity (Wildman–Crippen MR) is 81.8 cm³/mol. The summed E-state index contributed by atoms with van der Waals surface area (Å²) in [4.78, 5) is 22.0. The molecule has 0 bridgehead atoms. The maximum Gasteiger partial charge on any atom is 0.271 e. The normalized spacial score (nSPS) is 11.1. The molecule has 0 saturated carbocycles. The first-order valence-corrected chi connectivity index (χ1v) is 6.46. The molecule has 0 unspecified atom stereocenters. The largest absolute Gasteiger partial charge is 0.322 e. The molecule has 0 fully saturated rings. The zero-order valence-corrected chi connectivity index (χ0v) is 11.7. The van der Waals surface area contributed by atoms with E-state index < -0.39 is 16.6 Å². The van der Waals surface area contributed by atoms with Crippen LogP contribution >= 0.6 is 0 Å². The average molecular weight is 300 g/mol. The minimum Gasteiger partial charge on any atom is -0.322 e. The Hall–Kier alpha value is -3.02. The monoisotopic (exact) mass is 300 g/mol. The van der Waals surface area contributed by atoms with Crippen molar-refractivity contribution >= 4 is 22.9 Å². The molecule has 1 N–H and O–H groups in total. The fraction of sp³-hybridized carbons (Fsp3) is 0.0625. The lowest BCUT2D eigenvalue weighted by Gasteiger charge is -2.05. The lowest BCUT2D eigenvalue weighted by atomic mass is 10.1. The SMILES string of the molecule is CC(=CC(=O)Nc1cccc([N+](=O)[O-])c1)c1ccccc1F. The fourth-order valence-corrected chi connectivity index (χ4v) is 1.93. The summed E-state index contributed by atoms with van der Waals surface area (Å²) in [6, 6.07) is 11.7. The van der Waals surface area contributed by atoms with Gasteiger partial charge in [0.15, 0.2) is 0 Å². The molecule has 1 amide bonds. The molecule has 6 heteroatoms. The van der Waals surface area contributed by atoms with Gasteiger partial charge in [-0.1, -0.05) is 24.3 Å². The van der Waals surface area contributed by atoms with Gasteiger partial charge in [0.2, 0.25) is 5.91 Å². The van der Waals surface area contributed by atoms with Gasteiger partial charge in [-0.15, -0.1) is 0 Å². The molecule has 5 nitrogen and oxygen atoms in total. The molecule has 22 heavy (non-hydrogen) atoms. The quantitative estimate of drug-likeness (QED) is 0.530. The number of amides is 1. The highest BCUT2D eigenvalue weighted by molar-refractivity contribution is 6.03. The maximum absolute atomic E-state index is 13.6. The number of non-ortho nitro benzene ring substituents is 1. The molecule has 0 saturated heterocycles. The van der Waals surface area contributed by atoms with Gasteiger partial charge in [-0.3, -0.25) is 14.9 Å². The first kappa shape index (κ1) is 15.4. The second-order valence-electron chi connectivity index (χ2n) is 4.60. The van der Waals surface area contributed by atoms with Crippen LogP contribution in [0.15, 0.2) is 54.6 Å². The lowest BCUT2D eigenvalue weighted by molar-refractivity contribution is -0.384. The highest BCUT2D eigenvalue weighted by Gasteiger charge is 2.08. The number of benzene rings is 2. The molecule has 2 aromatic carbocycles. The Morgan fingerprint density at radius 1 is 1.23 bits per heavy atom. The number of nitrogens with one attached hydrogen (secondary N) is 1. The van der Waals surface area contributed by atoms with Crippen LogP contribution in [-0.4, -0.2) is 10.8 Å². The van der Waals surface area contributed by atoms with Gasteiger partial charge in [-0.25, -0.2) is 4.39 Å². The molecule has 0 atom stereocenters. The van der Waals surface area contributed by atoms with Crippen LogP contribution in [-0.2, 0) is 4.79 Å². The van der Waals surface area contributed by atoms with Crippen molar-refractivity contribution < 1.29 is 14.1 Å². The molecule has 2 aromatic rings. The van der Waals surface area contributed by atoms with E-state index in [4.69, 9.17) is 0 Å². The standard InChI is InChI=1S/C16H13FN2O3/c1-11(14-7-2-3-8-15(14)17)9-16(20)18-12-5-4-6-13(10-12)19(21)22/h2-10H,1H3,(H,18,20). The first-order valence-electron chi connectivity index (χ1n) is 6.46. The second kappa shape index (κ2) is 6.62. The van der Waals surface area contributed by atoms with E-state index in [1.54, 1.807) is 25.1 Å². The number of hydrogen-bond acceptors (Lipinski definition) is 3. The number of nitro benzene ring substituents is 1. The van der Waals surface area contributed by atoms with Gasteiger partial charge in [0.1, 0.15) is 5.82 Å². The Labute approximate surface area is 126 Å². The Kier molecular flexibility index (Phi) is 4.63. The molecule has 0 heterocycles. The highest BCUT2D eigenvalue weighted by atomic mass is 19.1. The summed E-state index contributed by atoms with van der Waals surface area (Å²) in [6.45, 7) is 1.62. The van der Waals surface area contributed by atoms with Gasteiger partial charge in [-0.2, -0.15) is 0 Å². The van der Waals surface area contributed by atoms with Crippen LogP contribution in [0.3, 0.4) is 0 Å². The summed E-state index contributed by atoms with van der Waals surface area (Å²) < 4.78 is 13.6. The molecule has 0 aliphatic carbocycles. The molecule has 112 valence electrons.